The molecule has 1 aliphatic heterocycles. The number of rotatable bonds is 4. The van der Waals surface area contributed by atoms with Crippen molar-refractivity contribution >= 4 is 11.6 Å². The van der Waals surface area contributed by atoms with Gasteiger partial charge >= 0.3 is 0 Å². The minimum absolute atomic E-state index is 0.141. The fourth-order valence-electron chi connectivity index (χ4n) is 2.57. The highest BCUT2D eigenvalue weighted by Crippen LogP contribution is 2.17. The molecule has 4 nitrogen and oxygen atoms in total. The fourth-order valence-corrected chi connectivity index (χ4v) is 2.57. The number of aryl methyl sites for hydroxylation is 1. The van der Waals surface area contributed by atoms with Gasteiger partial charge in [-0.2, -0.15) is 0 Å². The van der Waals surface area contributed by atoms with Gasteiger partial charge in [-0.05, 0) is 49.9 Å². The van der Waals surface area contributed by atoms with Crippen LogP contribution in [0.4, 0.5) is 10.1 Å². The largest absolute Gasteiger partial charge is 0.396 e. The Morgan fingerprint density at radius 1 is 1.55 bits per heavy atom. The molecule has 1 aliphatic rings. The van der Waals surface area contributed by atoms with E-state index in [1.807, 2.05) is 11.8 Å². The number of aliphatic hydroxyl groups is 1. The number of hydrogen-bond donors (Lipinski definition) is 2. The van der Waals surface area contributed by atoms with E-state index in [4.69, 9.17) is 0 Å². The van der Waals surface area contributed by atoms with E-state index < -0.39 is 0 Å². The highest BCUT2D eigenvalue weighted by atomic mass is 19.1. The van der Waals surface area contributed by atoms with Gasteiger partial charge in [0.1, 0.15) is 5.82 Å². The van der Waals surface area contributed by atoms with Crippen LogP contribution in [0.15, 0.2) is 18.2 Å². The van der Waals surface area contributed by atoms with E-state index in [1.54, 1.807) is 6.07 Å². The van der Waals surface area contributed by atoms with Crippen LogP contribution >= 0.6 is 0 Å². The standard InChI is InChI=1S/C15H21FN2O2/c1-11-4-5-13(16)7-14(11)17-15(20)9-18-6-2-3-12(8-18)10-19/h4-5,7,12,19H,2-3,6,8-10H2,1H3,(H,17,20). The fraction of sp³-hybridized carbons (Fsp3) is 0.533. The molecule has 110 valence electrons. The molecule has 0 aromatic heterocycles. The summed E-state index contributed by atoms with van der Waals surface area (Å²) >= 11 is 0. The van der Waals surface area contributed by atoms with Gasteiger partial charge in [0.25, 0.3) is 0 Å². The van der Waals surface area contributed by atoms with E-state index in [2.05, 4.69) is 5.32 Å². The minimum Gasteiger partial charge on any atom is -0.396 e. The number of aliphatic hydroxyl groups excluding tert-OH is 1. The van der Waals surface area contributed by atoms with Crippen molar-refractivity contribution in [3.05, 3.63) is 29.6 Å². The predicted molar refractivity (Wildman–Crippen MR) is 76.0 cm³/mol. The van der Waals surface area contributed by atoms with Gasteiger partial charge in [0.2, 0.25) is 5.91 Å². The van der Waals surface area contributed by atoms with Crippen molar-refractivity contribution in [2.45, 2.75) is 19.8 Å². The van der Waals surface area contributed by atoms with E-state index in [9.17, 15) is 14.3 Å². The van der Waals surface area contributed by atoms with Crippen molar-refractivity contribution in [2.24, 2.45) is 5.92 Å². The predicted octanol–water partition coefficient (Wildman–Crippen LogP) is 1.78. The maximum Gasteiger partial charge on any atom is 0.238 e. The number of piperidine rings is 1. The normalized spacial score (nSPS) is 19.9. The summed E-state index contributed by atoms with van der Waals surface area (Å²) in [5.41, 5.74) is 1.36. The first-order valence-corrected chi connectivity index (χ1v) is 6.97. The quantitative estimate of drug-likeness (QED) is 0.884. The first kappa shape index (κ1) is 14.9. The zero-order chi connectivity index (χ0) is 14.5. The molecule has 0 aliphatic carbocycles. The number of hydrogen-bond acceptors (Lipinski definition) is 3. The first-order chi connectivity index (χ1) is 9.58. The summed E-state index contributed by atoms with van der Waals surface area (Å²) in [6, 6.07) is 4.36. The molecule has 0 radical (unpaired) electrons. The van der Waals surface area contributed by atoms with Crippen molar-refractivity contribution in [3.8, 4) is 0 Å². The van der Waals surface area contributed by atoms with Crippen LogP contribution in [-0.2, 0) is 4.79 Å². The molecular formula is C15H21FN2O2. The van der Waals surface area contributed by atoms with Crippen LogP contribution in [0, 0.1) is 18.7 Å². The monoisotopic (exact) mass is 280 g/mol. The number of nitrogens with one attached hydrogen (secondary N) is 1. The van der Waals surface area contributed by atoms with Crippen LogP contribution < -0.4 is 5.32 Å². The van der Waals surface area contributed by atoms with Crippen LogP contribution in [0.3, 0.4) is 0 Å². The Labute approximate surface area is 118 Å². The second kappa shape index (κ2) is 6.81. The van der Waals surface area contributed by atoms with Crippen molar-refractivity contribution in [1.29, 1.82) is 0 Å². The Kier molecular flexibility index (Phi) is 5.09. The number of halogens is 1. The molecule has 1 fully saturated rings. The number of likely N-dealkylation sites (tertiary alicyclic amines) is 1. The lowest BCUT2D eigenvalue weighted by Gasteiger charge is -2.31. The molecule has 1 saturated heterocycles. The second-order valence-corrected chi connectivity index (χ2v) is 5.43. The van der Waals surface area contributed by atoms with Gasteiger partial charge in [0.05, 0.1) is 6.54 Å². The average molecular weight is 280 g/mol. The number of amides is 1. The van der Waals surface area contributed by atoms with Gasteiger partial charge < -0.3 is 10.4 Å². The molecule has 1 aromatic rings. The van der Waals surface area contributed by atoms with Gasteiger partial charge in [-0.15, -0.1) is 0 Å². The highest BCUT2D eigenvalue weighted by Gasteiger charge is 2.21. The molecule has 20 heavy (non-hydrogen) atoms. The molecule has 1 aromatic carbocycles. The summed E-state index contributed by atoms with van der Waals surface area (Å²) in [6.07, 6.45) is 2.01. The summed E-state index contributed by atoms with van der Waals surface area (Å²) in [5, 5.41) is 11.9. The lowest BCUT2D eigenvalue weighted by molar-refractivity contribution is -0.117. The highest BCUT2D eigenvalue weighted by molar-refractivity contribution is 5.92. The zero-order valence-corrected chi connectivity index (χ0v) is 11.7. The van der Waals surface area contributed by atoms with Crippen LogP contribution in [0.1, 0.15) is 18.4 Å². The van der Waals surface area contributed by atoms with Gasteiger partial charge in [-0.1, -0.05) is 6.07 Å². The smallest absolute Gasteiger partial charge is 0.238 e. The third-order valence-electron chi connectivity index (χ3n) is 3.70. The van der Waals surface area contributed by atoms with E-state index in [0.29, 0.717) is 5.69 Å². The third-order valence-corrected chi connectivity index (χ3v) is 3.70. The zero-order valence-electron chi connectivity index (χ0n) is 11.7. The van der Waals surface area contributed by atoms with Gasteiger partial charge in [-0.3, -0.25) is 9.69 Å². The van der Waals surface area contributed by atoms with Crippen molar-refractivity contribution in [1.82, 2.24) is 4.90 Å². The Bertz CT molecular complexity index is 479. The van der Waals surface area contributed by atoms with Gasteiger partial charge in [0, 0.05) is 18.8 Å². The topological polar surface area (TPSA) is 52.6 Å². The number of carbonyl (C=O) groups excluding carboxylic acids is 1. The van der Waals surface area contributed by atoms with E-state index in [-0.39, 0.29) is 30.8 Å². The number of nitrogens with zero attached hydrogens (tertiary/aromatic N) is 1. The first-order valence-electron chi connectivity index (χ1n) is 6.97. The van der Waals surface area contributed by atoms with Crippen molar-refractivity contribution < 1.29 is 14.3 Å². The number of benzene rings is 1. The number of carbonyl (C=O) groups is 1. The van der Waals surface area contributed by atoms with Crippen LogP contribution in [0.2, 0.25) is 0 Å². The van der Waals surface area contributed by atoms with Crippen LogP contribution in [-0.4, -0.2) is 42.2 Å². The maximum absolute atomic E-state index is 13.2. The molecule has 1 amide bonds. The molecule has 0 bridgehead atoms. The summed E-state index contributed by atoms with van der Waals surface area (Å²) < 4.78 is 13.2. The Morgan fingerprint density at radius 3 is 3.10 bits per heavy atom. The van der Waals surface area contributed by atoms with E-state index in [1.165, 1.54) is 12.1 Å². The molecule has 5 heteroatoms. The maximum atomic E-state index is 13.2. The van der Waals surface area contributed by atoms with Crippen molar-refractivity contribution in [3.63, 3.8) is 0 Å². The Morgan fingerprint density at radius 2 is 2.35 bits per heavy atom. The second-order valence-electron chi connectivity index (χ2n) is 5.43. The summed E-state index contributed by atoms with van der Waals surface area (Å²) in [7, 11) is 0. The summed E-state index contributed by atoms with van der Waals surface area (Å²) in [6.45, 7) is 3.89. The summed E-state index contributed by atoms with van der Waals surface area (Å²) in [4.78, 5) is 14.0. The molecule has 1 atom stereocenters. The van der Waals surface area contributed by atoms with Crippen LogP contribution in [0.25, 0.3) is 0 Å². The van der Waals surface area contributed by atoms with Gasteiger partial charge in [0.15, 0.2) is 0 Å². The molecular weight excluding hydrogens is 259 g/mol. The Balaban J connectivity index is 1.90. The minimum atomic E-state index is -0.357. The SMILES string of the molecule is Cc1ccc(F)cc1NC(=O)CN1CCCC(CO)C1. The van der Waals surface area contributed by atoms with Crippen molar-refractivity contribution in [2.75, 3.05) is 31.6 Å². The van der Waals surface area contributed by atoms with Crippen LogP contribution in [0.5, 0.6) is 0 Å². The number of anilines is 1. The molecule has 2 rings (SSSR count). The third kappa shape index (κ3) is 4.02. The average Bonchev–Trinajstić information content (AvgIpc) is 2.43. The molecule has 1 unspecified atom stereocenters. The lowest BCUT2D eigenvalue weighted by Crippen LogP contribution is -2.41. The van der Waals surface area contributed by atoms with E-state index in [0.717, 1.165) is 31.5 Å². The molecule has 0 saturated carbocycles. The molecule has 2 N–H and O–H groups in total. The molecule has 1 heterocycles. The lowest BCUT2D eigenvalue weighted by atomic mass is 9.99. The Hall–Kier alpha value is -1.46. The molecule has 0 spiro atoms. The summed E-state index contributed by atoms with van der Waals surface area (Å²) in [5.74, 6) is -0.242. The van der Waals surface area contributed by atoms with Gasteiger partial charge in [-0.25, -0.2) is 4.39 Å². The van der Waals surface area contributed by atoms with E-state index >= 15 is 0 Å².